The van der Waals surface area contributed by atoms with Crippen molar-refractivity contribution in [3.05, 3.63) is 59.7 Å². The number of halogens is 2. The SMILES string of the molecule is CC(Cc1ccccc1F)Nc1ccc(O)c(F)c1. The van der Waals surface area contributed by atoms with Crippen molar-refractivity contribution in [1.82, 2.24) is 0 Å². The summed E-state index contributed by atoms with van der Waals surface area (Å²) in [5.74, 6) is -1.30. The lowest BCUT2D eigenvalue weighted by atomic mass is 10.1. The summed E-state index contributed by atoms with van der Waals surface area (Å²) in [4.78, 5) is 0. The molecule has 0 radical (unpaired) electrons. The van der Waals surface area contributed by atoms with Crippen LogP contribution in [0.4, 0.5) is 14.5 Å². The van der Waals surface area contributed by atoms with Gasteiger partial charge in [0.05, 0.1) is 0 Å². The molecule has 0 spiro atoms. The zero-order valence-corrected chi connectivity index (χ0v) is 10.5. The van der Waals surface area contributed by atoms with Crippen LogP contribution in [0.5, 0.6) is 5.75 Å². The molecule has 19 heavy (non-hydrogen) atoms. The molecule has 0 aromatic heterocycles. The molecule has 0 saturated heterocycles. The lowest BCUT2D eigenvalue weighted by Gasteiger charge is -2.16. The van der Waals surface area contributed by atoms with Crippen LogP contribution in [0.2, 0.25) is 0 Å². The summed E-state index contributed by atoms with van der Waals surface area (Å²) in [6.07, 6.45) is 0.495. The quantitative estimate of drug-likeness (QED) is 0.824. The minimum Gasteiger partial charge on any atom is -0.505 e. The molecule has 0 amide bonds. The Morgan fingerprint density at radius 2 is 1.84 bits per heavy atom. The van der Waals surface area contributed by atoms with Gasteiger partial charge >= 0.3 is 0 Å². The Balaban J connectivity index is 2.03. The van der Waals surface area contributed by atoms with Gasteiger partial charge in [-0.15, -0.1) is 0 Å². The van der Waals surface area contributed by atoms with Gasteiger partial charge in [0.1, 0.15) is 5.82 Å². The van der Waals surface area contributed by atoms with Crippen molar-refractivity contribution in [3.8, 4) is 5.75 Å². The Morgan fingerprint density at radius 1 is 1.11 bits per heavy atom. The molecular weight excluding hydrogens is 248 g/mol. The van der Waals surface area contributed by atoms with Crippen LogP contribution in [0.15, 0.2) is 42.5 Å². The summed E-state index contributed by atoms with van der Waals surface area (Å²) in [6, 6.07) is 10.6. The third kappa shape index (κ3) is 3.44. The summed E-state index contributed by atoms with van der Waals surface area (Å²) in [5.41, 5.74) is 1.17. The Hall–Kier alpha value is -2.10. The number of phenols is 1. The highest BCUT2D eigenvalue weighted by molar-refractivity contribution is 5.47. The average Bonchev–Trinajstić information content (AvgIpc) is 2.37. The molecule has 0 aliphatic carbocycles. The molecule has 0 saturated carbocycles. The predicted octanol–water partition coefficient (Wildman–Crippen LogP) is 3.71. The number of phenolic OH excluding ortho intramolecular Hbond substituents is 1. The molecule has 4 heteroatoms. The van der Waals surface area contributed by atoms with E-state index in [2.05, 4.69) is 5.32 Å². The fourth-order valence-corrected chi connectivity index (χ4v) is 1.93. The normalized spacial score (nSPS) is 12.2. The Kier molecular flexibility index (Phi) is 4.00. The van der Waals surface area contributed by atoms with Gasteiger partial charge in [-0.05, 0) is 37.1 Å². The van der Waals surface area contributed by atoms with E-state index in [9.17, 15) is 8.78 Å². The van der Waals surface area contributed by atoms with Crippen LogP contribution in [0.1, 0.15) is 12.5 Å². The smallest absolute Gasteiger partial charge is 0.166 e. The van der Waals surface area contributed by atoms with Gasteiger partial charge in [-0.1, -0.05) is 18.2 Å². The lowest BCUT2D eigenvalue weighted by molar-refractivity contribution is 0.432. The molecule has 2 N–H and O–H groups in total. The first-order valence-corrected chi connectivity index (χ1v) is 6.04. The van der Waals surface area contributed by atoms with Crippen LogP contribution in [-0.4, -0.2) is 11.1 Å². The Morgan fingerprint density at radius 3 is 2.53 bits per heavy atom. The molecule has 0 fully saturated rings. The van der Waals surface area contributed by atoms with Crippen molar-refractivity contribution in [2.75, 3.05) is 5.32 Å². The topological polar surface area (TPSA) is 32.3 Å². The number of nitrogens with one attached hydrogen (secondary N) is 1. The van der Waals surface area contributed by atoms with E-state index >= 15 is 0 Å². The zero-order valence-electron chi connectivity index (χ0n) is 10.5. The van der Waals surface area contributed by atoms with Crippen LogP contribution < -0.4 is 5.32 Å². The van der Waals surface area contributed by atoms with Crippen molar-refractivity contribution in [2.45, 2.75) is 19.4 Å². The van der Waals surface area contributed by atoms with Gasteiger partial charge in [-0.2, -0.15) is 0 Å². The molecule has 2 rings (SSSR count). The number of hydrogen-bond acceptors (Lipinski definition) is 2. The molecule has 2 nitrogen and oxygen atoms in total. The van der Waals surface area contributed by atoms with E-state index in [0.717, 1.165) is 0 Å². The van der Waals surface area contributed by atoms with Gasteiger partial charge in [-0.3, -0.25) is 0 Å². The highest BCUT2D eigenvalue weighted by atomic mass is 19.1. The van der Waals surface area contributed by atoms with Crippen molar-refractivity contribution >= 4 is 5.69 Å². The van der Waals surface area contributed by atoms with Gasteiger partial charge in [0.2, 0.25) is 0 Å². The molecule has 0 heterocycles. The monoisotopic (exact) mass is 263 g/mol. The van der Waals surface area contributed by atoms with E-state index in [0.29, 0.717) is 17.7 Å². The van der Waals surface area contributed by atoms with Crippen LogP contribution in [-0.2, 0) is 6.42 Å². The van der Waals surface area contributed by atoms with Gasteiger partial charge in [0.25, 0.3) is 0 Å². The van der Waals surface area contributed by atoms with E-state index in [1.807, 2.05) is 6.92 Å². The molecule has 0 bridgehead atoms. The summed E-state index contributed by atoms with van der Waals surface area (Å²) < 4.78 is 26.7. The third-order valence-corrected chi connectivity index (χ3v) is 2.84. The van der Waals surface area contributed by atoms with E-state index in [-0.39, 0.29) is 17.6 Å². The molecule has 1 atom stereocenters. The van der Waals surface area contributed by atoms with Crippen LogP contribution in [0, 0.1) is 11.6 Å². The van der Waals surface area contributed by atoms with Crippen molar-refractivity contribution in [1.29, 1.82) is 0 Å². The van der Waals surface area contributed by atoms with Gasteiger partial charge < -0.3 is 10.4 Å². The second-order valence-electron chi connectivity index (χ2n) is 4.51. The van der Waals surface area contributed by atoms with E-state index in [1.165, 1.54) is 18.2 Å². The average molecular weight is 263 g/mol. The van der Waals surface area contributed by atoms with E-state index in [4.69, 9.17) is 5.11 Å². The minimum absolute atomic E-state index is 0.0548. The van der Waals surface area contributed by atoms with Crippen molar-refractivity contribution < 1.29 is 13.9 Å². The van der Waals surface area contributed by atoms with Crippen molar-refractivity contribution in [2.24, 2.45) is 0 Å². The molecule has 0 aliphatic heterocycles. The molecule has 1 unspecified atom stereocenters. The number of anilines is 1. The number of hydrogen-bond donors (Lipinski definition) is 2. The predicted molar refractivity (Wildman–Crippen MR) is 71.3 cm³/mol. The maximum atomic E-state index is 13.5. The minimum atomic E-state index is -0.678. The Labute approximate surface area is 110 Å². The largest absolute Gasteiger partial charge is 0.505 e. The molecule has 100 valence electrons. The summed E-state index contributed by atoms with van der Waals surface area (Å²) in [5, 5.41) is 12.2. The van der Waals surface area contributed by atoms with Crippen LogP contribution >= 0.6 is 0 Å². The first-order valence-electron chi connectivity index (χ1n) is 6.04. The standard InChI is InChI=1S/C15H15F2NO/c1-10(8-11-4-2-3-5-13(11)16)18-12-6-7-15(19)14(17)9-12/h2-7,9-10,18-19H,8H2,1H3. The van der Waals surface area contributed by atoms with Gasteiger partial charge in [-0.25, -0.2) is 8.78 Å². The maximum Gasteiger partial charge on any atom is 0.166 e. The number of rotatable bonds is 4. The summed E-state index contributed by atoms with van der Waals surface area (Å²) >= 11 is 0. The molecule has 2 aromatic rings. The highest BCUT2D eigenvalue weighted by Gasteiger charge is 2.08. The van der Waals surface area contributed by atoms with Crippen LogP contribution in [0.3, 0.4) is 0 Å². The zero-order chi connectivity index (χ0) is 13.8. The maximum absolute atomic E-state index is 13.5. The number of aromatic hydroxyl groups is 1. The summed E-state index contributed by atoms with van der Waals surface area (Å²) in [7, 11) is 0. The first kappa shape index (κ1) is 13.3. The van der Waals surface area contributed by atoms with Gasteiger partial charge in [0.15, 0.2) is 11.6 Å². The number of benzene rings is 2. The second-order valence-corrected chi connectivity index (χ2v) is 4.51. The molecular formula is C15H15F2NO. The second kappa shape index (κ2) is 5.69. The lowest BCUT2D eigenvalue weighted by Crippen LogP contribution is -2.18. The van der Waals surface area contributed by atoms with E-state index < -0.39 is 5.82 Å². The van der Waals surface area contributed by atoms with E-state index in [1.54, 1.807) is 24.3 Å². The fourth-order valence-electron chi connectivity index (χ4n) is 1.93. The van der Waals surface area contributed by atoms with Crippen LogP contribution in [0.25, 0.3) is 0 Å². The Bertz CT molecular complexity index is 572. The highest BCUT2D eigenvalue weighted by Crippen LogP contribution is 2.20. The fraction of sp³-hybridized carbons (Fsp3) is 0.200. The van der Waals surface area contributed by atoms with Crippen molar-refractivity contribution in [3.63, 3.8) is 0 Å². The molecule has 2 aromatic carbocycles. The molecule has 0 aliphatic rings. The van der Waals surface area contributed by atoms with Gasteiger partial charge in [0, 0.05) is 17.8 Å². The third-order valence-electron chi connectivity index (χ3n) is 2.84. The summed E-state index contributed by atoms with van der Waals surface area (Å²) in [6.45, 7) is 1.89. The first-order chi connectivity index (χ1) is 9.06.